The van der Waals surface area contributed by atoms with E-state index in [2.05, 4.69) is 79.4 Å². The number of carboxylic acids is 3. The van der Waals surface area contributed by atoms with Crippen LogP contribution in [-0.4, -0.2) is 258 Å². The fourth-order valence-electron chi connectivity index (χ4n) is 13.8. The maximum absolute atomic E-state index is 15.2. The maximum atomic E-state index is 15.2. The summed E-state index contributed by atoms with van der Waals surface area (Å²) in [7, 11) is 0. The number of aliphatic carboxylic acids is 3. The number of aromatic amines is 1. The van der Waals surface area contributed by atoms with E-state index >= 15 is 9.59 Å². The Morgan fingerprint density at radius 2 is 0.777 bits per heavy atom. The van der Waals surface area contributed by atoms with Gasteiger partial charge in [-0.05, 0) is 110 Å². The quantitative estimate of drug-likeness (QED) is 0.0187. The molecule has 0 bridgehead atoms. The number of carbonyl (C=O) groups is 17. The summed E-state index contributed by atoms with van der Waals surface area (Å²) in [5, 5.41) is 106. The van der Waals surface area contributed by atoms with Crippen molar-refractivity contribution in [2.45, 2.75) is 243 Å². The fraction of sp³-hybridized carbons (Fsp3) is 0.517. The molecule has 5 rings (SSSR count). The molecule has 18 atom stereocenters. The van der Waals surface area contributed by atoms with Gasteiger partial charge in [-0.1, -0.05) is 166 Å². The summed E-state index contributed by atoms with van der Waals surface area (Å²) >= 11 is 0. The van der Waals surface area contributed by atoms with Crippen LogP contribution < -0.4 is 85.9 Å². The molecule has 14 amide bonds. The first-order chi connectivity index (χ1) is 61.6. The molecule has 0 radical (unpaired) electrons. The lowest BCUT2D eigenvalue weighted by molar-refractivity contribution is -0.145. The van der Waals surface area contributed by atoms with Crippen LogP contribution >= 0.6 is 0 Å². The average Bonchev–Trinajstić information content (AvgIpc) is 1.50. The number of carbonyl (C=O) groups excluding carboxylic acids is 14. The van der Waals surface area contributed by atoms with Gasteiger partial charge in [0.25, 0.3) is 0 Å². The Bertz CT molecular complexity index is 4640. The van der Waals surface area contributed by atoms with Gasteiger partial charge in [-0.25, -0.2) is 4.79 Å². The second-order valence-corrected chi connectivity index (χ2v) is 32.7. The molecule has 1 aromatic heterocycles. The van der Waals surface area contributed by atoms with Crippen molar-refractivity contribution in [2.24, 2.45) is 35.1 Å². The highest BCUT2D eigenvalue weighted by Gasteiger charge is 2.41. The largest absolute Gasteiger partial charge is 0.508 e. The predicted molar refractivity (Wildman–Crippen MR) is 474 cm³/mol. The molecule has 0 saturated heterocycles. The smallest absolute Gasteiger partial charge is 0.328 e. The number of aromatic nitrogens is 1. The van der Waals surface area contributed by atoms with Crippen molar-refractivity contribution in [1.29, 1.82) is 0 Å². The number of rotatable bonds is 57. The number of fused-ring (bicyclic) bond motifs is 1. The number of phenolic OH excluding ortho intramolecular Hbond substituents is 1. The van der Waals surface area contributed by atoms with E-state index in [1.807, 2.05) is 0 Å². The maximum Gasteiger partial charge on any atom is 0.328 e. The minimum absolute atomic E-state index is 0.0424. The molecule has 0 unspecified atom stereocenters. The second-order valence-electron chi connectivity index (χ2n) is 32.7. The lowest BCUT2D eigenvalue weighted by Gasteiger charge is -2.31. The lowest BCUT2D eigenvalue weighted by Crippen LogP contribution is -2.62. The Morgan fingerprint density at radius 3 is 1.24 bits per heavy atom. The third-order valence-corrected chi connectivity index (χ3v) is 22.0. The zero-order valence-electron chi connectivity index (χ0n) is 74.4. The van der Waals surface area contributed by atoms with E-state index < -0.39 is 242 Å². The van der Waals surface area contributed by atoms with Crippen LogP contribution in [0.5, 0.6) is 5.75 Å². The number of aliphatic hydroxyl groups excluding tert-OH is 3. The Morgan fingerprint density at radius 1 is 0.392 bits per heavy atom. The lowest BCUT2D eigenvalue weighted by atomic mass is 9.94. The zero-order valence-corrected chi connectivity index (χ0v) is 74.4. The van der Waals surface area contributed by atoms with Crippen molar-refractivity contribution in [3.05, 3.63) is 138 Å². The highest BCUT2D eigenvalue weighted by Crippen LogP contribution is 2.22. The topological polar surface area (TPSA) is 668 Å². The molecule has 0 spiro atoms. The summed E-state index contributed by atoms with van der Waals surface area (Å²) in [5.74, 6) is -21.1. The van der Waals surface area contributed by atoms with E-state index in [-0.39, 0.29) is 88.8 Å². The van der Waals surface area contributed by atoms with Crippen LogP contribution in [0, 0.1) is 23.7 Å². The van der Waals surface area contributed by atoms with Crippen molar-refractivity contribution < 1.29 is 117 Å². The van der Waals surface area contributed by atoms with Gasteiger partial charge in [0.05, 0.1) is 38.3 Å². The Kier molecular flexibility index (Phi) is 45.0. The number of H-pyrrole nitrogens is 1. The van der Waals surface area contributed by atoms with Crippen molar-refractivity contribution in [3.8, 4) is 5.75 Å². The predicted octanol–water partition coefficient (Wildman–Crippen LogP) is -2.01. The van der Waals surface area contributed by atoms with Gasteiger partial charge in [0.1, 0.15) is 78.3 Å². The molecule has 0 fully saturated rings. The van der Waals surface area contributed by atoms with Gasteiger partial charge in [-0.15, -0.1) is 0 Å². The van der Waals surface area contributed by atoms with Crippen LogP contribution in [0.2, 0.25) is 0 Å². The number of benzene rings is 4. The van der Waals surface area contributed by atoms with E-state index in [4.69, 9.17) is 11.5 Å². The number of para-hydroxylation sites is 1. The number of amides is 14. The summed E-state index contributed by atoms with van der Waals surface area (Å²) in [6.07, 6.45) is -1.94. The standard InChI is InChI=1S/C89H127N17O24/c1-10-48(6)72(86(126)93-44-69(111)94-62(40-54-30-32-56(110)33-31-54)78(118)101-68(46-108)85(125)96-64(39-53-25-17-14-18-26-53)82(122)106-75(51(9)109)89(129)130)104-83(123)66(42-71(114)115)98-77(117)60(29-21-22-36-90)95-84(124)67(45-107)102-80(120)65(41-55-43-92-59-28-20-19-27-57(55)59)97-79(119)63(38-52-23-15-13-16-24-52)100-88(128)74(50(8)12-3)105-81(121)61(37-47(4)5)99-87(127)73(49(7)11-2)103-76(116)58(91)34-35-70(112)113/h13-20,23-28,30-33,43,47-51,58,60-68,72-75,92,107-110H,10-12,21-22,29,34-42,44-46,90-91H2,1-9H3,(H,93,126)(H,94,111)(H,95,124)(H,96,125)(H,97,119)(H,98,117)(H,99,127)(H,100,128)(H,101,118)(H,102,120)(H,103,116)(H,104,123)(H,105,121)(H,106,122)(H,112,113)(H,114,115)(H,129,130)/t48-,49-,50-,51+,58-,60-,61-,62-,63-,64-,65-,66-,67-,68-,72-,73-,74-,75-/m0/s1. The number of hydrogen-bond acceptors (Lipinski definition) is 23. The van der Waals surface area contributed by atoms with Gasteiger partial charge in [-0.2, -0.15) is 0 Å². The highest BCUT2D eigenvalue weighted by molar-refractivity contribution is 6.01. The minimum atomic E-state index is -2.01. The SMILES string of the molecule is CC[C@H](C)[C@H](NC(=O)[C@H](CC(=O)O)NC(=O)[C@H](CCCCN)NC(=O)[C@H](CO)NC(=O)[C@H](Cc1c[nH]c2ccccc12)NC(=O)[C@H](Cc1ccccc1)NC(=O)[C@@H](NC(=O)[C@H](CC(C)C)NC(=O)[C@@H](NC(=O)[C@@H](N)CCC(=O)O)[C@@H](C)CC)[C@@H](C)CC)C(=O)NCC(=O)N[C@@H](Cc1ccc(O)cc1)C(=O)N[C@@H](CO)C(=O)N[C@@H](Cc1ccccc1)C(=O)N[C@H](C(=O)O)[C@@H](C)O. The van der Waals surface area contributed by atoms with E-state index in [0.29, 0.717) is 39.6 Å². The minimum Gasteiger partial charge on any atom is -0.508 e. The van der Waals surface area contributed by atoms with Crippen LogP contribution in [0.1, 0.15) is 149 Å². The third kappa shape index (κ3) is 35.2. The fourth-order valence-corrected chi connectivity index (χ4v) is 13.8. The zero-order chi connectivity index (χ0) is 96.6. The van der Waals surface area contributed by atoms with Crippen LogP contribution in [0.3, 0.4) is 0 Å². The molecule has 0 aliphatic carbocycles. The molecule has 1 heterocycles. The molecular weight excluding hydrogens is 1690 g/mol. The number of phenols is 1. The normalized spacial score (nSPS) is 15.4. The summed E-state index contributed by atoms with van der Waals surface area (Å²) in [6.45, 7) is 11.6. The Balaban J connectivity index is 1.37. The number of carboxylic acid groups (broad SMARTS) is 3. The molecule has 41 heteroatoms. The molecule has 26 N–H and O–H groups in total. The molecule has 0 aliphatic rings. The van der Waals surface area contributed by atoms with Crippen LogP contribution in [0.25, 0.3) is 10.9 Å². The number of unbranched alkanes of at least 4 members (excludes halogenated alkanes) is 1. The van der Waals surface area contributed by atoms with Crippen molar-refractivity contribution in [2.75, 3.05) is 26.3 Å². The molecule has 712 valence electrons. The van der Waals surface area contributed by atoms with Crippen LogP contribution in [0.4, 0.5) is 0 Å². The number of nitrogens with one attached hydrogen (secondary N) is 15. The van der Waals surface area contributed by atoms with Gasteiger partial charge in [0.15, 0.2) is 6.04 Å². The van der Waals surface area contributed by atoms with Crippen molar-refractivity contribution >= 4 is 112 Å². The van der Waals surface area contributed by atoms with Crippen LogP contribution in [0.15, 0.2) is 115 Å². The second kappa shape index (κ2) is 54.4. The van der Waals surface area contributed by atoms with Crippen molar-refractivity contribution in [1.82, 2.24) is 79.4 Å². The van der Waals surface area contributed by atoms with Crippen molar-refractivity contribution in [3.63, 3.8) is 0 Å². The summed E-state index contributed by atoms with van der Waals surface area (Å²) < 4.78 is 0. The molecule has 4 aromatic carbocycles. The molecule has 0 saturated carbocycles. The molecule has 5 aromatic rings. The first-order valence-corrected chi connectivity index (χ1v) is 43.3. The Labute approximate surface area is 752 Å². The first-order valence-electron chi connectivity index (χ1n) is 43.3. The van der Waals surface area contributed by atoms with E-state index in [1.54, 1.807) is 140 Å². The van der Waals surface area contributed by atoms with E-state index in [1.165, 1.54) is 31.2 Å². The van der Waals surface area contributed by atoms with Gasteiger partial charge in [-0.3, -0.25) is 76.7 Å². The average molecular weight is 1820 g/mol. The summed E-state index contributed by atoms with van der Waals surface area (Å²) in [6, 6.07) is 6.37. The monoisotopic (exact) mass is 1820 g/mol. The van der Waals surface area contributed by atoms with Gasteiger partial charge in [0.2, 0.25) is 82.7 Å². The first kappa shape index (κ1) is 108. The van der Waals surface area contributed by atoms with Gasteiger partial charge < -0.3 is 127 Å². The van der Waals surface area contributed by atoms with Crippen LogP contribution in [-0.2, 0) is 107 Å². The number of aromatic hydroxyl groups is 1. The summed E-state index contributed by atoms with van der Waals surface area (Å²) in [4.78, 5) is 239. The molecule has 0 aliphatic heterocycles. The third-order valence-electron chi connectivity index (χ3n) is 22.0. The highest BCUT2D eigenvalue weighted by atomic mass is 16.4. The molecular formula is C89H127N17O24. The molecule has 41 nitrogen and oxygen atoms in total. The van der Waals surface area contributed by atoms with E-state index in [9.17, 15) is 108 Å². The van der Waals surface area contributed by atoms with E-state index in [0.717, 1.165) is 6.92 Å². The number of hydrogen-bond donors (Lipinski definition) is 24. The summed E-state index contributed by atoms with van der Waals surface area (Å²) in [5.41, 5.74) is 14.2. The Hall–Kier alpha value is -13.0. The number of nitrogens with two attached hydrogens (primary N) is 2. The molecule has 130 heavy (non-hydrogen) atoms. The van der Waals surface area contributed by atoms with Gasteiger partial charge >= 0.3 is 17.9 Å². The van der Waals surface area contributed by atoms with Gasteiger partial charge in [0, 0.05) is 49.2 Å². The number of aliphatic hydroxyl groups is 3.